The Morgan fingerprint density at radius 3 is 2.96 bits per heavy atom. The molecule has 3 rings (SSSR count). The van der Waals surface area contributed by atoms with Crippen LogP contribution in [0.15, 0.2) is 20.8 Å². The summed E-state index contributed by atoms with van der Waals surface area (Å²) in [4.78, 5) is 25.1. The SMILES string of the molecule is CSN=C1C(=O)N2C(C(=O)O)=C(CSc3nnnn3C)CS[C@H]12. The van der Waals surface area contributed by atoms with Crippen molar-refractivity contribution in [2.75, 3.05) is 17.8 Å². The summed E-state index contributed by atoms with van der Waals surface area (Å²) in [5.74, 6) is -0.494. The van der Waals surface area contributed by atoms with Gasteiger partial charge in [0.25, 0.3) is 5.91 Å². The van der Waals surface area contributed by atoms with Crippen LogP contribution in [0.2, 0.25) is 0 Å². The number of tetrazole rings is 1. The molecule has 0 aliphatic carbocycles. The fraction of sp³-hybridized carbons (Fsp3) is 0.455. The Morgan fingerprint density at radius 2 is 2.35 bits per heavy atom. The molecule has 0 spiro atoms. The van der Waals surface area contributed by atoms with Gasteiger partial charge in [-0.3, -0.25) is 9.69 Å². The number of nitrogens with zero attached hydrogens (tertiary/aromatic N) is 6. The van der Waals surface area contributed by atoms with Gasteiger partial charge in [-0.15, -0.1) is 16.9 Å². The quantitative estimate of drug-likeness (QED) is 0.442. The summed E-state index contributed by atoms with van der Waals surface area (Å²) >= 11 is 4.04. The van der Waals surface area contributed by atoms with Gasteiger partial charge in [-0.25, -0.2) is 13.9 Å². The lowest BCUT2D eigenvalue weighted by Gasteiger charge is -2.44. The highest BCUT2D eigenvalue weighted by Gasteiger charge is 2.51. The van der Waals surface area contributed by atoms with Crippen molar-refractivity contribution < 1.29 is 14.7 Å². The largest absolute Gasteiger partial charge is 0.477 e. The summed E-state index contributed by atoms with van der Waals surface area (Å²) < 4.78 is 5.60. The van der Waals surface area contributed by atoms with E-state index in [1.165, 1.54) is 45.1 Å². The Balaban J connectivity index is 1.84. The molecule has 1 amide bonds. The first-order valence-corrected chi connectivity index (χ1v) is 9.63. The molecule has 0 bridgehead atoms. The van der Waals surface area contributed by atoms with Gasteiger partial charge in [0.2, 0.25) is 5.16 Å². The van der Waals surface area contributed by atoms with Crippen molar-refractivity contribution in [1.29, 1.82) is 0 Å². The van der Waals surface area contributed by atoms with Crippen molar-refractivity contribution in [3.8, 4) is 0 Å². The van der Waals surface area contributed by atoms with E-state index in [1.807, 2.05) is 0 Å². The molecular weight excluding hydrogens is 360 g/mol. The van der Waals surface area contributed by atoms with E-state index in [9.17, 15) is 14.7 Å². The molecule has 1 N–H and O–H groups in total. The van der Waals surface area contributed by atoms with E-state index < -0.39 is 5.97 Å². The maximum Gasteiger partial charge on any atom is 0.352 e. The second kappa shape index (κ2) is 6.53. The fourth-order valence-electron chi connectivity index (χ4n) is 2.22. The van der Waals surface area contributed by atoms with Crippen molar-refractivity contribution in [1.82, 2.24) is 25.1 Å². The van der Waals surface area contributed by atoms with Crippen LogP contribution in [-0.4, -0.2) is 70.9 Å². The van der Waals surface area contributed by atoms with Crippen molar-refractivity contribution in [3.63, 3.8) is 0 Å². The molecule has 2 aliphatic rings. The molecule has 0 radical (unpaired) electrons. The van der Waals surface area contributed by atoms with Crippen LogP contribution in [0.1, 0.15) is 0 Å². The second-order valence-corrected chi connectivity index (χ2v) is 7.19. The predicted octanol–water partition coefficient (Wildman–Crippen LogP) is 0.275. The Kier molecular flexibility index (Phi) is 4.64. The lowest BCUT2D eigenvalue weighted by molar-refractivity contribution is -0.139. The van der Waals surface area contributed by atoms with Gasteiger partial charge in [-0.2, -0.15) is 0 Å². The van der Waals surface area contributed by atoms with Crippen LogP contribution in [0.4, 0.5) is 0 Å². The molecule has 1 aromatic heterocycles. The van der Waals surface area contributed by atoms with Gasteiger partial charge in [0.1, 0.15) is 16.8 Å². The highest BCUT2D eigenvalue weighted by molar-refractivity contribution is 8.02. The number of carboxylic acids is 1. The molecule has 0 aromatic carbocycles. The topological polar surface area (TPSA) is 114 Å². The zero-order chi connectivity index (χ0) is 16.6. The normalized spacial score (nSPS) is 22.3. The van der Waals surface area contributed by atoms with E-state index in [1.54, 1.807) is 13.3 Å². The number of hydrogen-bond acceptors (Lipinski definition) is 9. The third kappa shape index (κ3) is 2.85. The highest BCUT2D eigenvalue weighted by Crippen LogP contribution is 2.40. The summed E-state index contributed by atoms with van der Waals surface area (Å²) in [5, 5.41) is 20.9. The Hall–Kier alpha value is -1.53. The van der Waals surface area contributed by atoms with Gasteiger partial charge in [-0.1, -0.05) is 11.8 Å². The number of carboxylic acid groups (broad SMARTS) is 1. The maximum atomic E-state index is 12.2. The van der Waals surface area contributed by atoms with Gasteiger partial charge >= 0.3 is 5.97 Å². The van der Waals surface area contributed by atoms with E-state index >= 15 is 0 Å². The summed E-state index contributed by atoms with van der Waals surface area (Å²) in [6, 6.07) is 0. The van der Waals surface area contributed by atoms with Crippen LogP contribution in [0.25, 0.3) is 0 Å². The summed E-state index contributed by atoms with van der Waals surface area (Å²) in [5.41, 5.74) is 1.16. The number of amides is 1. The van der Waals surface area contributed by atoms with Crippen molar-refractivity contribution >= 4 is 53.1 Å². The van der Waals surface area contributed by atoms with Crippen LogP contribution in [0.5, 0.6) is 0 Å². The highest BCUT2D eigenvalue weighted by atomic mass is 32.2. The Bertz CT molecular complexity index is 730. The minimum absolute atomic E-state index is 0.0569. The van der Waals surface area contributed by atoms with E-state index in [4.69, 9.17) is 0 Å². The molecule has 12 heteroatoms. The number of hydrogen-bond donors (Lipinski definition) is 1. The van der Waals surface area contributed by atoms with Gasteiger partial charge in [-0.05, 0) is 27.9 Å². The molecule has 122 valence electrons. The van der Waals surface area contributed by atoms with Crippen LogP contribution in [-0.2, 0) is 16.6 Å². The fourth-order valence-corrected chi connectivity index (χ4v) is 4.91. The minimum atomic E-state index is -1.10. The second-order valence-electron chi connectivity index (χ2n) is 4.63. The standard InChI is InChI=1S/C11H12N6O3S3/c1-16-11(12-14-15-16)23-4-5-3-22-9-6(13-21-2)8(18)17(9)7(5)10(19)20/h9H,3-4H2,1-2H3,(H,19,20)/t9-/m1/s1. The van der Waals surface area contributed by atoms with Crippen molar-refractivity contribution in [3.05, 3.63) is 11.3 Å². The number of aromatic nitrogens is 4. The maximum absolute atomic E-state index is 12.2. The first-order chi connectivity index (χ1) is 11.0. The molecule has 1 aromatic rings. The molecule has 3 heterocycles. The first-order valence-electron chi connectivity index (χ1n) is 6.41. The van der Waals surface area contributed by atoms with Gasteiger partial charge in [0.15, 0.2) is 0 Å². The first kappa shape index (κ1) is 16.3. The lowest BCUT2D eigenvalue weighted by atomic mass is 10.1. The predicted molar refractivity (Wildman–Crippen MR) is 88.2 cm³/mol. The molecule has 1 atom stereocenters. The number of thioether (sulfide) groups is 2. The Morgan fingerprint density at radius 1 is 1.57 bits per heavy atom. The molecule has 2 aliphatic heterocycles. The number of fused-ring (bicyclic) bond motifs is 1. The molecule has 1 saturated heterocycles. The third-order valence-corrected chi connectivity index (χ3v) is 5.99. The molecule has 9 nitrogen and oxygen atoms in total. The van der Waals surface area contributed by atoms with E-state index in [0.29, 0.717) is 27.9 Å². The summed E-state index contributed by atoms with van der Waals surface area (Å²) in [6.45, 7) is 0. The molecule has 1 fully saturated rings. The zero-order valence-electron chi connectivity index (χ0n) is 12.2. The smallest absolute Gasteiger partial charge is 0.352 e. The van der Waals surface area contributed by atoms with Crippen LogP contribution < -0.4 is 0 Å². The van der Waals surface area contributed by atoms with Gasteiger partial charge in [0, 0.05) is 24.8 Å². The molecule has 0 unspecified atom stereocenters. The number of aryl methyl sites for hydroxylation is 1. The van der Waals surface area contributed by atoms with E-state index in [-0.39, 0.29) is 17.0 Å². The third-order valence-electron chi connectivity index (χ3n) is 3.25. The average molecular weight is 372 g/mol. The van der Waals surface area contributed by atoms with E-state index in [2.05, 4.69) is 19.9 Å². The number of carbonyl (C=O) groups is 2. The zero-order valence-corrected chi connectivity index (χ0v) is 14.6. The van der Waals surface area contributed by atoms with Crippen molar-refractivity contribution in [2.24, 2.45) is 11.4 Å². The number of rotatable bonds is 5. The summed E-state index contributed by atoms with van der Waals surface area (Å²) in [6.07, 6.45) is 1.77. The van der Waals surface area contributed by atoms with Gasteiger partial charge in [0.05, 0.1) is 0 Å². The van der Waals surface area contributed by atoms with Crippen LogP contribution >= 0.6 is 35.5 Å². The number of β-lactam (4-membered cyclic amide) rings is 1. The molecule has 23 heavy (non-hydrogen) atoms. The van der Waals surface area contributed by atoms with E-state index in [0.717, 1.165) is 0 Å². The molecule has 0 saturated carbocycles. The lowest BCUT2D eigenvalue weighted by Crippen LogP contribution is -2.62. The van der Waals surface area contributed by atoms with Crippen LogP contribution in [0, 0.1) is 0 Å². The number of aliphatic carboxylic acids is 1. The van der Waals surface area contributed by atoms with Crippen molar-refractivity contribution in [2.45, 2.75) is 10.5 Å². The number of carbonyl (C=O) groups excluding carboxylic acids is 1. The minimum Gasteiger partial charge on any atom is -0.477 e. The molecular formula is C11H12N6O3S3. The average Bonchev–Trinajstić information content (AvgIpc) is 2.94. The summed E-state index contributed by atoms with van der Waals surface area (Å²) in [7, 11) is 1.71. The van der Waals surface area contributed by atoms with Crippen LogP contribution in [0.3, 0.4) is 0 Å². The Labute approximate surface area is 144 Å². The monoisotopic (exact) mass is 372 g/mol. The van der Waals surface area contributed by atoms with Gasteiger partial charge < -0.3 is 5.11 Å².